The second-order valence-electron chi connectivity index (χ2n) is 13.3. The highest BCUT2D eigenvalue weighted by molar-refractivity contribution is 5.87. The summed E-state index contributed by atoms with van der Waals surface area (Å²) in [6, 6.07) is 20.1. The number of nitrogens with zero attached hydrogens (tertiary/aromatic N) is 1. The van der Waals surface area contributed by atoms with Crippen molar-refractivity contribution in [2.45, 2.75) is 70.3 Å². The molecule has 51 heavy (non-hydrogen) atoms. The van der Waals surface area contributed by atoms with Crippen molar-refractivity contribution in [2.75, 3.05) is 7.11 Å². The molecule has 6 N–H and O–H groups in total. The fraction of sp³-hybridized carbons (Fsp3) is 0.342. The van der Waals surface area contributed by atoms with Crippen LogP contribution in [0.15, 0.2) is 102 Å². The number of methoxy groups -OCH3 is 1. The van der Waals surface area contributed by atoms with Gasteiger partial charge in [-0.15, -0.1) is 0 Å². The number of carbonyl (C=O) groups excluding carboxylic acids is 3. The first-order valence-electron chi connectivity index (χ1n) is 16.5. The van der Waals surface area contributed by atoms with E-state index >= 15 is 0 Å². The summed E-state index contributed by atoms with van der Waals surface area (Å²) in [6.45, 7) is 5.42. The van der Waals surface area contributed by atoms with E-state index in [1.54, 1.807) is 27.0 Å². The van der Waals surface area contributed by atoms with E-state index in [1.807, 2.05) is 72.8 Å². The number of rotatable bonds is 15. The summed E-state index contributed by atoms with van der Waals surface area (Å²) in [6.07, 6.45) is 1.39. The van der Waals surface area contributed by atoms with Crippen LogP contribution >= 0.6 is 0 Å². The monoisotopic (exact) mass is 699 g/mol. The van der Waals surface area contributed by atoms with E-state index in [-0.39, 0.29) is 18.4 Å². The summed E-state index contributed by atoms with van der Waals surface area (Å²) in [5, 5.41) is 32.0. The van der Waals surface area contributed by atoms with Gasteiger partial charge in [0.05, 0.1) is 37.5 Å². The topological polar surface area (TPSA) is 192 Å². The lowest BCUT2D eigenvalue weighted by Crippen LogP contribution is -2.57. The number of aliphatic hydroxyl groups excluding tert-OH is 1. The summed E-state index contributed by atoms with van der Waals surface area (Å²) in [4.78, 5) is 55.6. The van der Waals surface area contributed by atoms with Crippen molar-refractivity contribution in [3.05, 3.63) is 114 Å². The molecule has 13 nitrogen and oxygen atoms in total. The number of amides is 4. The SMILES string of the molecule is COC(=O)N[C@H](C(=O)N[C@@H](Cc1ccc(-c2ccccn2)cc1)C[C@H](O)[C@H](Cc1ccccc1)NC(=O)[C@@H](NC(=O)O)c1ccoc1)C(C)(C)C. The van der Waals surface area contributed by atoms with Crippen LogP contribution in [0.1, 0.15) is 49.9 Å². The van der Waals surface area contributed by atoms with Gasteiger partial charge in [0.25, 0.3) is 0 Å². The van der Waals surface area contributed by atoms with E-state index in [0.29, 0.717) is 6.42 Å². The Bertz CT molecular complexity index is 1710. The molecule has 4 rings (SSSR count). The number of alkyl carbamates (subject to hydrolysis) is 1. The lowest BCUT2D eigenvalue weighted by molar-refractivity contribution is -0.127. The van der Waals surface area contributed by atoms with E-state index < -0.39 is 59.7 Å². The van der Waals surface area contributed by atoms with Gasteiger partial charge in [0.2, 0.25) is 11.8 Å². The summed E-state index contributed by atoms with van der Waals surface area (Å²) < 4.78 is 9.86. The van der Waals surface area contributed by atoms with E-state index in [4.69, 9.17) is 9.15 Å². The highest BCUT2D eigenvalue weighted by Crippen LogP contribution is 2.23. The standard InChI is InChI=1S/C38H45N5O8/c1-38(2,3)33(43-37(49)50-4)35(46)40-28(20-25-13-15-26(16-14-25)29-12-8-9-18-39-29)22-31(44)30(21-24-10-6-5-7-11-24)41-34(45)32(42-36(47)48)27-17-19-51-23-27/h5-19,23,28,30-33,42,44H,20-22H2,1-4H3,(H,40,46)(H,41,45)(H,43,49)(H,47,48)/t28-,30-,31-,32-,33+/m0/s1. The van der Waals surface area contributed by atoms with E-state index in [0.717, 1.165) is 22.4 Å². The van der Waals surface area contributed by atoms with E-state index in [2.05, 4.69) is 26.3 Å². The Morgan fingerprint density at radius 3 is 2.10 bits per heavy atom. The third-order valence-electron chi connectivity index (χ3n) is 8.34. The molecule has 2 aromatic heterocycles. The normalized spacial score (nSPS) is 14.2. The molecule has 4 amide bonds. The molecule has 0 saturated heterocycles. The third-order valence-corrected chi connectivity index (χ3v) is 8.34. The maximum absolute atomic E-state index is 13.8. The number of furan rings is 1. The van der Waals surface area contributed by atoms with Gasteiger partial charge < -0.3 is 40.6 Å². The predicted molar refractivity (Wildman–Crippen MR) is 189 cm³/mol. The zero-order chi connectivity index (χ0) is 37.0. The summed E-state index contributed by atoms with van der Waals surface area (Å²) in [7, 11) is 1.21. The summed E-state index contributed by atoms with van der Waals surface area (Å²) in [5.74, 6) is -1.18. The lowest BCUT2D eigenvalue weighted by atomic mass is 9.85. The van der Waals surface area contributed by atoms with Crippen LogP contribution in [0.5, 0.6) is 0 Å². The number of aromatic nitrogens is 1. The predicted octanol–water partition coefficient (Wildman–Crippen LogP) is 4.63. The molecule has 270 valence electrons. The van der Waals surface area contributed by atoms with Crippen LogP contribution in [0, 0.1) is 5.41 Å². The number of pyridine rings is 1. The van der Waals surface area contributed by atoms with Crippen LogP contribution in [0.4, 0.5) is 9.59 Å². The van der Waals surface area contributed by atoms with Crippen molar-refractivity contribution in [1.29, 1.82) is 0 Å². The second kappa shape index (κ2) is 17.8. The average Bonchev–Trinajstić information content (AvgIpc) is 3.64. The zero-order valence-electron chi connectivity index (χ0n) is 29.0. The minimum absolute atomic E-state index is 0.0106. The van der Waals surface area contributed by atoms with Gasteiger partial charge in [-0.25, -0.2) is 9.59 Å². The van der Waals surface area contributed by atoms with Crippen LogP contribution < -0.4 is 21.3 Å². The number of hydrogen-bond acceptors (Lipinski definition) is 8. The highest BCUT2D eigenvalue weighted by Gasteiger charge is 2.36. The minimum Gasteiger partial charge on any atom is -0.472 e. The summed E-state index contributed by atoms with van der Waals surface area (Å²) >= 11 is 0. The van der Waals surface area contributed by atoms with E-state index in [1.165, 1.54) is 25.7 Å². The molecule has 0 fully saturated rings. The van der Waals surface area contributed by atoms with Gasteiger partial charge in [0, 0.05) is 23.4 Å². The highest BCUT2D eigenvalue weighted by atomic mass is 16.5. The molecular formula is C38H45N5O8. The first kappa shape index (κ1) is 38.1. The number of benzene rings is 2. The van der Waals surface area contributed by atoms with Crippen LogP contribution in [0.2, 0.25) is 0 Å². The minimum atomic E-state index is -1.41. The second-order valence-corrected chi connectivity index (χ2v) is 13.3. The van der Waals surface area contributed by atoms with Crippen LogP contribution in [-0.4, -0.2) is 70.5 Å². The lowest BCUT2D eigenvalue weighted by Gasteiger charge is -2.33. The first-order chi connectivity index (χ1) is 24.3. The Morgan fingerprint density at radius 1 is 0.824 bits per heavy atom. The zero-order valence-corrected chi connectivity index (χ0v) is 29.0. The van der Waals surface area contributed by atoms with Crippen LogP contribution in [0.25, 0.3) is 11.3 Å². The molecule has 0 aliphatic heterocycles. The van der Waals surface area contributed by atoms with Crippen LogP contribution in [0.3, 0.4) is 0 Å². The van der Waals surface area contributed by atoms with Crippen LogP contribution in [-0.2, 0) is 27.2 Å². The number of hydrogen-bond donors (Lipinski definition) is 6. The molecule has 2 heterocycles. The molecule has 0 aliphatic rings. The van der Waals surface area contributed by atoms with Gasteiger partial charge in [0.1, 0.15) is 12.1 Å². The van der Waals surface area contributed by atoms with Crippen molar-refractivity contribution < 1.29 is 38.5 Å². The fourth-order valence-electron chi connectivity index (χ4n) is 5.70. The number of nitrogens with one attached hydrogen (secondary N) is 4. The molecule has 0 spiro atoms. The smallest absolute Gasteiger partial charge is 0.407 e. The molecule has 5 atom stereocenters. The Hall–Kier alpha value is -5.69. The molecule has 2 aromatic carbocycles. The Balaban J connectivity index is 1.63. The van der Waals surface area contributed by atoms with Gasteiger partial charge in [-0.3, -0.25) is 14.6 Å². The average molecular weight is 700 g/mol. The third kappa shape index (κ3) is 11.4. The largest absolute Gasteiger partial charge is 0.472 e. The van der Waals surface area contributed by atoms with Crippen molar-refractivity contribution in [3.8, 4) is 11.3 Å². The fourth-order valence-corrected chi connectivity index (χ4v) is 5.70. The Morgan fingerprint density at radius 2 is 1.51 bits per heavy atom. The van der Waals surface area contributed by atoms with Gasteiger partial charge in [-0.2, -0.15) is 0 Å². The van der Waals surface area contributed by atoms with Crippen molar-refractivity contribution >= 4 is 24.0 Å². The van der Waals surface area contributed by atoms with Crippen molar-refractivity contribution in [1.82, 2.24) is 26.3 Å². The molecule has 0 aliphatic carbocycles. The van der Waals surface area contributed by atoms with E-state index in [9.17, 15) is 29.4 Å². The maximum atomic E-state index is 13.8. The number of ether oxygens (including phenoxy) is 1. The number of carbonyl (C=O) groups is 4. The van der Waals surface area contributed by atoms with Gasteiger partial charge in [-0.1, -0.05) is 81.4 Å². The molecule has 0 bridgehead atoms. The number of carboxylic acid groups (broad SMARTS) is 1. The molecule has 0 saturated carbocycles. The maximum Gasteiger partial charge on any atom is 0.407 e. The quantitative estimate of drug-likeness (QED) is 0.103. The molecule has 0 radical (unpaired) electrons. The summed E-state index contributed by atoms with van der Waals surface area (Å²) in [5.41, 5.74) is 2.96. The molecule has 0 unspecified atom stereocenters. The van der Waals surface area contributed by atoms with Gasteiger partial charge in [0.15, 0.2) is 0 Å². The molecular weight excluding hydrogens is 654 g/mol. The Kier molecular flexibility index (Phi) is 13.3. The van der Waals surface area contributed by atoms with Crippen molar-refractivity contribution in [3.63, 3.8) is 0 Å². The molecule has 4 aromatic rings. The first-order valence-corrected chi connectivity index (χ1v) is 16.5. The Labute approximate surface area is 296 Å². The molecule has 13 heteroatoms. The van der Waals surface area contributed by atoms with Crippen molar-refractivity contribution in [2.24, 2.45) is 5.41 Å². The van der Waals surface area contributed by atoms with Gasteiger partial charge >= 0.3 is 12.2 Å². The number of aliphatic hydroxyl groups is 1. The van der Waals surface area contributed by atoms with Gasteiger partial charge in [-0.05, 0) is 54.0 Å².